The van der Waals surface area contributed by atoms with Crippen LogP contribution in [0.5, 0.6) is 0 Å². The van der Waals surface area contributed by atoms with Gasteiger partial charge in [0, 0.05) is 32.8 Å². The van der Waals surface area contributed by atoms with Crippen molar-refractivity contribution in [1.82, 2.24) is 10.2 Å². The first-order chi connectivity index (χ1) is 12.9. The van der Waals surface area contributed by atoms with Crippen LogP contribution in [-0.4, -0.2) is 104 Å². The van der Waals surface area contributed by atoms with Crippen LogP contribution in [0.4, 0.5) is 0 Å². The summed E-state index contributed by atoms with van der Waals surface area (Å²) in [5, 5.41) is 3.33. The topological polar surface area (TPSA) is 73.8 Å². The minimum atomic E-state index is 0.392. The fourth-order valence-electron chi connectivity index (χ4n) is 2.33. The predicted molar refractivity (Wildman–Crippen MR) is 102 cm³/mol. The smallest absolute Gasteiger partial charge is 0.138 e. The number of aliphatic imine (C=N–C) groups is 1. The molecule has 8 nitrogen and oxygen atoms in total. The van der Waals surface area contributed by atoms with E-state index in [1.165, 1.54) is 0 Å². The number of ether oxygens (including phenoxy) is 5. The Labute approximate surface area is 158 Å². The Kier molecular flexibility index (Phi) is 17.3. The summed E-state index contributed by atoms with van der Waals surface area (Å²) in [6.07, 6.45) is 3.70. The van der Waals surface area contributed by atoms with Crippen molar-refractivity contribution in [2.75, 3.05) is 92.5 Å². The van der Waals surface area contributed by atoms with Gasteiger partial charge < -0.3 is 29.0 Å². The largest absolute Gasteiger partial charge is 0.379 e. The van der Waals surface area contributed by atoms with Gasteiger partial charge in [0.1, 0.15) is 13.5 Å². The fourth-order valence-corrected chi connectivity index (χ4v) is 2.33. The first kappa shape index (κ1) is 23.4. The minimum absolute atomic E-state index is 0.392. The van der Waals surface area contributed by atoms with Gasteiger partial charge in [-0.1, -0.05) is 0 Å². The van der Waals surface area contributed by atoms with E-state index < -0.39 is 0 Å². The third-order valence-electron chi connectivity index (χ3n) is 3.75. The van der Waals surface area contributed by atoms with Gasteiger partial charge in [0.05, 0.1) is 39.6 Å². The molecule has 0 amide bonds. The Morgan fingerprint density at radius 1 is 0.846 bits per heavy atom. The van der Waals surface area contributed by atoms with Crippen molar-refractivity contribution in [3.8, 4) is 0 Å². The summed E-state index contributed by atoms with van der Waals surface area (Å²) in [5.41, 5.74) is 0. The lowest BCUT2D eigenvalue weighted by Crippen LogP contribution is -2.32. The zero-order valence-corrected chi connectivity index (χ0v) is 16.3. The summed E-state index contributed by atoms with van der Waals surface area (Å²) in [6, 6.07) is 0. The first-order valence-electron chi connectivity index (χ1n) is 9.69. The maximum Gasteiger partial charge on any atom is 0.138 e. The molecular formula is C18H37N3O5. The van der Waals surface area contributed by atoms with Gasteiger partial charge in [-0.3, -0.25) is 9.89 Å². The van der Waals surface area contributed by atoms with Gasteiger partial charge in [0.25, 0.3) is 0 Å². The average molecular weight is 376 g/mol. The summed E-state index contributed by atoms with van der Waals surface area (Å²) >= 11 is 0. The standard InChI is InChI=1S/C18H37N3O5/c1-2-19-17-26-18-21-7-4-10-23-14-13-22-9-3-5-20-6-11-24-15-16-25-12-8-21/h2,20H,3-18H2,1H3/b19-2+. The molecule has 1 heterocycles. The second-order valence-electron chi connectivity index (χ2n) is 5.93. The molecule has 0 atom stereocenters. The van der Waals surface area contributed by atoms with Crippen LogP contribution in [0.15, 0.2) is 4.99 Å². The van der Waals surface area contributed by atoms with E-state index in [9.17, 15) is 0 Å². The van der Waals surface area contributed by atoms with Crippen LogP contribution in [0.2, 0.25) is 0 Å². The van der Waals surface area contributed by atoms with Crippen molar-refractivity contribution >= 4 is 6.21 Å². The Hall–Kier alpha value is -0.610. The molecule has 0 saturated carbocycles. The van der Waals surface area contributed by atoms with Crippen LogP contribution in [-0.2, 0) is 23.7 Å². The normalized spacial score (nSPS) is 22.3. The molecule has 0 radical (unpaired) electrons. The molecule has 1 N–H and O–H groups in total. The Morgan fingerprint density at radius 3 is 2.31 bits per heavy atom. The molecule has 0 aromatic carbocycles. The van der Waals surface area contributed by atoms with E-state index in [1.54, 1.807) is 6.21 Å². The molecule has 0 unspecified atom stereocenters. The van der Waals surface area contributed by atoms with Gasteiger partial charge >= 0.3 is 0 Å². The van der Waals surface area contributed by atoms with Gasteiger partial charge in [-0.25, -0.2) is 0 Å². The monoisotopic (exact) mass is 375 g/mol. The summed E-state index contributed by atoms with van der Waals surface area (Å²) in [6.45, 7) is 11.7. The van der Waals surface area contributed by atoms with E-state index in [0.717, 1.165) is 52.2 Å². The third-order valence-corrected chi connectivity index (χ3v) is 3.75. The second kappa shape index (κ2) is 19.2. The van der Waals surface area contributed by atoms with E-state index >= 15 is 0 Å². The van der Waals surface area contributed by atoms with Crippen molar-refractivity contribution in [2.45, 2.75) is 19.8 Å². The highest BCUT2D eigenvalue weighted by Crippen LogP contribution is 1.95. The van der Waals surface area contributed by atoms with Gasteiger partial charge in [-0.05, 0) is 32.5 Å². The van der Waals surface area contributed by atoms with Crippen LogP contribution in [0.25, 0.3) is 0 Å². The molecule has 1 fully saturated rings. The van der Waals surface area contributed by atoms with E-state index in [0.29, 0.717) is 53.1 Å². The average Bonchev–Trinajstić information content (AvgIpc) is 2.65. The molecule has 0 aromatic heterocycles. The van der Waals surface area contributed by atoms with Crippen LogP contribution in [0.3, 0.4) is 0 Å². The van der Waals surface area contributed by atoms with Gasteiger partial charge in [0.15, 0.2) is 0 Å². The lowest BCUT2D eigenvalue weighted by Gasteiger charge is -2.21. The number of hydrogen-bond acceptors (Lipinski definition) is 8. The van der Waals surface area contributed by atoms with E-state index in [-0.39, 0.29) is 0 Å². The number of nitrogens with one attached hydrogen (secondary N) is 1. The summed E-state index contributed by atoms with van der Waals surface area (Å²) < 4.78 is 27.9. The summed E-state index contributed by atoms with van der Waals surface area (Å²) in [5.74, 6) is 0. The lowest BCUT2D eigenvalue weighted by atomic mass is 10.4. The molecule has 0 aromatic rings. The molecule has 1 rings (SSSR count). The van der Waals surface area contributed by atoms with Crippen molar-refractivity contribution in [1.29, 1.82) is 0 Å². The number of rotatable bonds is 4. The quantitative estimate of drug-likeness (QED) is 0.574. The third kappa shape index (κ3) is 15.6. The van der Waals surface area contributed by atoms with E-state index in [4.69, 9.17) is 23.7 Å². The fraction of sp³-hybridized carbons (Fsp3) is 0.944. The summed E-state index contributed by atoms with van der Waals surface area (Å²) in [4.78, 5) is 6.28. The first-order valence-corrected chi connectivity index (χ1v) is 9.69. The zero-order chi connectivity index (χ0) is 18.5. The maximum atomic E-state index is 5.65. The SMILES string of the molecule is C/C=N/COCN1CCCOCCOCCCNCCOCCOCC1. The minimum Gasteiger partial charge on any atom is -0.379 e. The molecule has 26 heavy (non-hydrogen) atoms. The Morgan fingerprint density at radius 2 is 1.54 bits per heavy atom. The zero-order valence-electron chi connectivity index (χ0n) is 16.3. The van der Waals surface area contributed by atoms with Gasteiger partial charge in [0.2, 0.25) is 0 Å². The molecule has 154 valence electrons. The van der Waals surface area contributed by atoms with E-state index in [1.807, 2.05) is 6.92 Å². The van der Waals surface area contributed by atoms with Crippen LogP contribution < -0.4 is 5.32 Å². The molecular weight excluding hydrogens is 338 g/mol. The number of nitrogens with zero attached hydrogens (tertiary/aromatic N) is 2. The molecule has 0 aliphatic carbocycles. The van der Waals surface area contributed by atoms with Crippen molar-refractivity contribution < 1.29 is 23.7 Å². The molecule has 1 saturated heterocycles. The predicted octanol–water partition coefficient (Wildman–Crippen LogP) is 0.761. The van der Waals surface area contributed by atoms with Crippen molar-refractivity contribution in [3.05, 3.63) is 0 Å². The van der Waals surface area contributed by atoms with Crippen LogP contribution in [0.1, 0.15) is 19.8 Å². The maximum absolute atomic E-state index is 5.65. The highest BCUT2D eigenvalue weighted by Gasteiger charge is 2.05. The van der Waals surface area contributed by atoms with Crippen LogP contribution >= 0.6 is 0 Å². The second-order valence-corrected chi connectivity index (χ2v) is 5.93. The van der Waals surface area contributed by atoms with Crippen molar-refractivity contribution in [3.63, 3.8) is 0 Å². The highest BCUT2D eigenvalue weighted by atomic mass is 16.5. The number of hydrogen-bond donors (Lipinski definition) is 1. The molecule has 1 aliphatic rings. The van der Waals surface area contributed by atoms with Gasteiger partial charge in [-0.2, -0.15) is 0 Å². The Balaban J connectivity index is 2.24. The lowest BCUT2D eigenvalue weighted by molar-refractivity contribution is -0.00435. The van der Waals surface area contributed by atoms with Gasteiger partial charge in [-0.15, -0.1) is 0 Å². The summed E-state index contributed by atoms with van der Waals surface area (Å²) in [7, 11) is 0. The van der Waals surface area contributed by atoms with E-state index in [2.05, 4.69) is 15.2 Å². The Bertz CT molecular complexity index is 301. The highest BCUT2D eigenvalue weighted by molar-refractivity contribution is 5.52. The molecule has 1 aliphatic heterocycles. The molecule has 0 spiro atoms. The molecule has 0 bridgehead atoms. The molecule has 8 heteroatoms. The van der Waals surface area contributed by atoms with Crippen LogP contribution in [0, 0.1) is 0 Å². The van der Waals surface area contributed by atoms with Crippen molar-refractivity contribution in [2.24, 2.45) is 4.99 Å².